The van der Waals surface area contributed by atoms with E-state index in [1.165, 1.54) is 11.3 Å². The van der Waals surface area contributed by atoms with Crippen LogP contribution in [0.4, 0.5) is 10.9 Å². The van der Waals surface area contributed by atoms with Gasteiger partial charge in [-0.05, 0) is 25.1 Å². The fourth-order valence-electron chi connectivity index (χ4n) is 2.29. The molecule has 0 amide bonds. The molecule has 4 rings (SSSR count). The number of aromatic nitrogens is 5. The molecule has 23 heavy (non-hydrogen) atoms. The van der Waals surface area contributed by atoms with Gasteiger partial charge in [-0.15, -0.1) is 28.3 Å². The summed E-state index contributed by atoms with van der Waals surface area (Å²) in [6.45, 7) is 1.97. The van der Waals surface area contributed by atoms with Crippen LogP contribution >= 0.6 is 28.3 Å². The zero-order chi connectivity index (χ0) is 14.9. The third-order valence-electron chi connectivity index (χ3n) is 3.22. The van der Waals surface area contributed by atoms with E-state index in [1.54, 1.807) is 12.4 Å². The van der Waals surface area contributed by atoms with Crippen molar-refractivity contribution in [2.24, 2.45) is 0 Å². The summed E-state index contributed by atoms with van der Waals surface area (Å²) in [5.41, 5.74) is 2.75. The van der Waals surface area contributed by atoms with Crippen molar-refractivity contribution in [1.29, 1.82) is 0 Å². The normalized spacial score (nSPS) is 10.5. The lowest BCUT2D eigenvalue weighted by molar-refractivity contribution is 1.11. The molecule has 0 aliphatic carbocycles. The highest BCUT2D eigenvalue weighted by Gasteiger charge is 2.14. The van der Waals surface area contributed by atoms with Crippen LogP contribution < -0.4 is 5.32 Å². The van der Waals surface area contributed by atoms with Crippen LogP contribution in [0.2, 0.25) is 0 Å². The summed E-state index contributed by atoms with van der Waals surface area (Å²) in [5, 5.41) is 6.01. The molecule has 1 N–H and O–H groups in total. The molecule has 0 saturated heterocycles. The van der Waals surface area contributed by atoms with Crippen molar-refractivity contribution in [1.82, 2.24) is 24.3 Å². The molecule has 0 aliphatic rings. The van der Waals surface area contributed by atoms with Gasteiger partial charge in [-0.1, -0.05) is 6.07 Å². The van der Waals surface area contributed by atoms with Crippen molar-refractivity contribution in [3.63, 3.8) is 0 Å². The zero-order valence-electron chi connectivity index (χ0n) is 12.2. The molecule has 0 radical (unpaired) electrons. The monoisotopic (exact) mass is 388 g/mol. The third-order valence-corrected chi connectivity index (χ3v) is 3.98. The van der Waals surface area contributed by atoms with E-state index in [-0.39, 0.29) is 17.0 Å². The molecule has 0 saturated carbocycles. The van der Waals surface area contributed by atoms with Crippen molar-refractivity contribution >= 4 is 45.0 Å². The van der Waals surface area contributed by atoms with Crippen molar-refractivity contribution in [3.8, 4) is 11.4 Å². The molecule has 0 atom stereocenters. The van der Waals surface area contributed by atoms with Gasteiger partial charge in [0.1, 0.15) is 11.5 Å². The summed E-state index contributed by atoms with van der Waals surface area (Å²) in [4.78, 5) is 17.6. The Morgan fingerprint density at radius 3 is 2.78 bits per heavy atom. The van der Waals surface area contributed by atoms with Crippen LogP contribution in [0, 0.1) is 6.92 Å². The lowest BCUT2D eigenvalue weighted by atomic mass is 10.3. The fourth-order valence-corrected chi connectivity index (χ4v) is 2.99. The van der Waals surface area contributed by atoms with E-state index in [4.69, 9.17) is 0 Å². The molecule has 4 heterocycles. The van der Waals surface area contributed by atoms with E-state index >= 15 is 0 Å². The van der Waals surface area contributed by atoms with Gasteiger partial charge in [0, 0.05) is 24.0 Å². The first-order chi connectivity index (χ1) is 10.8. The smallest absolute Gasteiger partial charge is 0.234 e. The third kappa shape index (κ3) is 2.95. The van der Waals surface area contributed by atoms with Crippen molar-refractivity contribution in [2.45, 2.75) is 6.92 Å². The highest BCUT2D eigenvalue weighted by atomic mass is 79.9. The van der Waals surface area contributed by atoms with Gasteiger partial charge in [0.2, 0.25) is 5.78 Å². The summed E-state index contributed by atoms with van der Waals surface area (Å²) < 4.78 is 1.95. The Morgan fingerprint density at radius 1 is 1.09 bits per heavy atom. The molecular formula is C15H13BrN6S. The van der Waals surface area contributed by atoms with E-state index in [0.29, 0.717) is 5.78 Å². The van der Waals surface area contributed by atoms with Gasteiger partial charge < -0.3 is 5.32 Å². The van der Waals surface area contributed by atoms with Crippen LogP contribution in [0.5, 0.6) is 0 Å². The van der Waals surface area contributed by atoms with Gasteiger partial charge in [0.25, 0.3) is 0 Å². The van der Waals surface area contributed by atoms with Crippen LogP contribution in [0.25, 0.3) is 17.2 Å². The lowest BCUT2D eigenvalue weighted by Crippen LogP contribution is -1.93. The molecule has 8 heteroatoms. The van der Waals surface area contributed by atoms with Gasteiger partial charge >= 0.3 is 0 Å². The number of pyridine rings is 1. The number of hydrogen-bond donors (Lipinski definition) is 1. The molecule has 0 aliphatic heterocycles. The first-order valence-electron chi connectivity index (χ1n) is 6.75. The second-order valence-corrected chi connectivity index (χ2v) is 5.57. The van der Waals surface area contributed by atoms with Gasteiger partial charge in [-0.3, -0.25) is 4.40 Å². The van der Waals surface area contributed by atoms with Crippen LogP contribution in [-0.2, 0) is 0 Å². The average Bonchev–Trinajstić information content (AvgIpc) is 3.11. The average molecular weight is 389 g/mol. The molecule has 0 spiro atoms. The maximum Gasteiger partial charge on any atom is 0.234 e. The quantitative estimate of drug-likeness (QED) is 0.576. The first-order valence-corrected chi connectivity index (χ1v) is 7.63. The summed E-state index contributed by atoms with van der Waals surface area (Å²) in [6, 6.07) is 7.61. The summed E-state index contributed by atoms with van der Waals surface area (Å²) in [5.74, 6) is 1.46. The number of hydrogen-bond acceptors (Lipinski definition) is 6. The number of nitrogens with zero attached hydrogens (tertiary/aromatic N) is 5. The van der Waals surface area contributed by atoms with E-state index in [1.807, 2.05) is 47.2 Å². The number of aryl methyl sites for hydroxylation is 1. The standard InChI is InChI=1S/C15H12N6S.BrH/c1-10-13(21-8-4-7-17-14(21)18-10)11-9-22-15(19-11)20-12-5-2-3-6-16-12;/h2-9H,1H3,(H,16,19,20);1H. The van der Waals surface area contributed by atoms with Gasteiger partial charge in [0.15, 0.2) is 5.13 Å². The molecule has 4 aromatic heterocycles. The number of halogens is 1. The van der Waals surface area contributed by atoms with Gasteiger partial charge in [-0.2, -0.15) is 0 Å². The van der Waals surface area contributed by atoms with Crippen LogP contribution in [0.3, 0.4) is 0 Å². The van der Waals surface area contributed by atoms with Gasteiger partial charge in [-0.25, -0.2) is 19.9 Å². The Balaban J connectivity index is 0.00000156. The topological polar surface area (TPSA) is 68.0 Å². The van der Waals surface area contributed by atoms with Crippen LogP contribution in [-0.4, -0.2) is 24.3 Å². The number of fused-ring (bicyclic) bond motifs is 1. The Labute approximate surface area is 147 Å². The molecule has 0 bridgehead atoms. The predicted octanol–water partition coefficient (Wildman–Crippen LogP) is 3.88. The van der Waals surface area contributed by atoms with E-state index in [0.717, 1.165) is 28.0 Å². The second-order valence-electron chi connectivity index (χ2n) is 4.71. The molecule has 116 valence electrons. The van der Waals surface area contributed by atoms with E-state index in [2.05, 4.69) is 25.3 Å². The predicted molar refractivity (Wildman–Crippen MR) is 96.7 cm³/mol. The molecule has 6 nitrogen and oxygen atoms in total. The number of imidazole rings is 1. The molecule has 0 aromatic carbocycles. The SMILES string of the molecule is Br.Cc1nc2ncccn2c1-c1csc(Nc2ccccn2)n1. The highest BCUT2D eigenvalue weighted by molar-refractivity contribution is 8.93. The van der Waals surface area contributed by atoms with Crippen LogP contribution in [0.15, 0.2) is 48.2 Å². The van der Waals surface area contributed by atoms with E-state index in [9.17, 15) is 0 Å². The minimum Gasteiger partial charge on any atom is -0.316 e. The molecular weight excluding hydrogens is 376 g/mol. The number of rotatable bonds is 3. The lowest BCUT2D eigenvalue weighted by Gasteiger charge is -2.00. The van der Waals surface area contributed by atoms with Crippen molar-refractivity contribution < 1.29 is 0 Å². The van der Waals surface area contributed by atoms with Crippen molar-refractivity contribution in [3.05, 3.63) is 53.9 Å². The molecule has 0 unspecified atom stereocenters. The Hall–Kier alpha value is -2.32. The second kappa shape index (κ2) is 6.43. The Morgan fingerprint density at radius 2 is 1.96 bits per heavy atom. The minimum absolute atomic E-state index is 0. The van der Waals surface area contributed by atoms with E-state index < -0.39 is 0 Å². The fraction of sp³-hybridized carbons (Fsp3) is 0.0667. The number of nitrogens with one attached hydrogen (secondary N) is 1. The maximum absolute atomic E-state index is 4.64. The Kier molecular flexibility index (Phi) is 4.35. The maximum atomic E-state index is 4.64. The number of thiazole rings is 1. The summed E-state index contributed by atoms with van der Waals surface area (Å²) in [6.07, 6.45) is 5.43. The van der Waals surface area contributed by atoms with Gasteiger partial charge in [0.05, 0.1) is 11.4 Å². The molecule has 0 fully saturated rings. The molecule has 4 aromatic rings. The summed E-state index contributed by atoms with van der Waals surface area (Å²) in [7, 11) is 0. The summed E-state index contributed by atoms with van der Waals surface area (Å²) >= 11 is 1.54. The highest BCUT2D eigenvalue weighted by Crippen LogP contribution is 2.28. The largest absolute Gasteiger partial charge is 0.316 e. The zero-order valence-corrected chi connectivity index (χ0v) is 14.7. The number of anilines is 2. The van der Waals surface area contributed by atoms with Crippen molar-refractivity contribution in [2.75, 3.05) is 5.32 Å². The van der Waals surface area contributed by atoms with Crippen LogP contribution in [0.1, 0.15) is 5.69 Å². The Bertz CT molecular complexity index is 933. The first kappa shape index (κ1) is 15.6. The minimum atomic E-state index is 0.